The van der Waals surface area contributed by atoms with E-state index in [1.807, 2.05) is 44.2 Å². The Morgan fingerprint density at radius 1 is 1.12 bits per heavy atom. The van der Waals surface area contributed by atoms with Crippen molar-refractivity contribution in [2.45, 2.75) is 51.7 Å². The second-order valence-electron chi connectivity index (χ2n) is 8.32. The highest BCUT2D eigenvalue weighted by atomic mass is 16.6. The van der Waals surface area contributed by atoms with E-state index in [0.717, 1.165) is 11.1 Å². The number of carbonyl (C=O) groups is 2. The molecule has 1 heterocycles. The number of nitrogens with zero attached hydrogens (tertiary/aromatic N) is 1. The van der Waals surface area contributed by atoms with E-state index in [4.69, 9.17) is 9.47 Å². The number of hydrogen-bond donors (Lipinski definition) is 3. The van der Waals surface area contributed by atoms with Crippen molar-refractivity contribution >= 4 is 12.0 Å². The lowest BCUT2D eigenvalue weighted by Gasteiger charge is -2.29. The third-order valence-corrected chi connectivity index (χ3v) is 5.29. The maximum atomic E-state index is 13.3. The van der Waals surface area contributed by atoms with Gasteiger partial charge in [0.2, 0.25) is 5.91 Å². The fourth-order valence-corrected chi connectivity index (χ4v) is 3.63. The van der Waals surface area contributed by atoms with Crippen molar-refractivity contribution in [2.75, 3.05) is 6.73 Å². The van der Waals surface area contributed by atoms with Gasteiger partial charge in [0.05, 0.1) is 6.04 Å². The number of carbonyl (C=O) groups excluding carboxylic acids is 2. The van der Waals surface area contributed by atoms with Crippen LogP contribution >= 0.6 is 0 Å². The molecule has 2 aromatic carbocycles. The molecular formula is C24H30N2O6. The molecule has 3 N–H and O–H groups in total. The number of benzene rings is 2. The van der Waals surface area contributed by atoms with Gasteiger partial charge in [0.1, 0.15) is 25.1 Å². The van der Waals surface area contributed by atoms with E-state index in [1.165, 1.54) is 4.90 Å². The van der Waals surface area contributed by atoms with Crippen molar-refractivity contribution in [2.24, 2.45) is 5.92 Å². The first-order valence-corrected chi connectivity index (χ1v) is 10.7. The molecule has 3 unspecified atom stereocenters. The molecule has 1 fully saturated rings. The number of hydrogen-bond acceptors (Lipinski definition) is 6. The van der Waals surface area contributed by atoms with Gasteiger partial charge < -0.3 is 29.9 Å². The SMILES string of the molecule is CC(C)CC(NC(=O)OCc1ccccc1)C(=O)N1COC(O)C1Cc1ccc(O)cc1. The van der Waals surface area contributed by atoms with Crippen molar-refractivity contribution in [3.63, 3.8) is 0 Å². The number of aliphatic hydroxyl groups excluding tert-OH is 1. The first-order chi connectivity index (χ1) is 15.3. The van der Waals surface area contributed by atoms with Crippen LogP contribution in [0.15, 0.2) is 54.6 Å². The molecule has 0 saturated carbocycles. The number of alkyl carbamates (subject to hydrolysis) is 1. The predicted octanol–water partition coefficient (Wildman–Crippen LogP) is 2.78. The lowest BCUT2D eigenvalue weighted by atomic mass is 10.0. The number of phenolic OH excluding ortho intramolecular Hbond substituents is 1. The third kappa shape index (κ3) is 6.45. The standard InChI is InChI=1S/C24H30N2O6/c1-16(2)12-20(25-24(30)31-14-18-6-4-3-5-7-18)22(28)26-15-32-23(29)21(26)13-17-8-10-19(27)11-9-17/h3-11,16,20-21,23,27,29H,12-15H2,1-2H3,(H,25,30). The molecule has 8 nitrogen and oxygen atoms in total. The van der Waals surface area contributed by atoms with E-state index in [9.17, 15) is 19.8 Å². The Balaban J connectivity index is 1.66. The molecule has 2 amide bonds. The highest BCUT2D eigenvalue weighted by Crippen LogP contribution is 2.23. The van der Waals surface area contributed by atoms with Crippen molar-refractivity contribution < 1.29 is 29.3 Å². The lowest BCUT2D eigenvalue weighted by molar-refractivity contribution is -0.135. The molecule has 3 rings (SSSR count). The molecular weight excluding hydrogens is 412 g/mol. The summed E-state index contributed by atoms with van der Waals surface area (Å²) in [7, 11) is 0. The summed E-state index contributed by atoms with van der Waals surface area (Å²) in [5.74, 6) is -0.0572. The van der Waals surface area contributed by atoms with Crippen molar-refractivity contribution in [1.82, 2.24) is 10.2 Å². The maximum absolute atomic E-state index is 13.3. The Hall–Kier alpha value is -3.10. The maximum Gasteiger partial charge on any atom is 0.408 e. The molecule has 0 spiro atoms. The van der Waals surface area contributed by atoms with Gasteiger partial charge in [-0.15, -0.1) is 0 Å². The van der Waals surface area contributed by atoms with E-state index in [-0.39, 0.29) is 30.9 Å². The summed E-state index contributed by atoms with van der Waals surface area (Å²) >= 11 is 0. The van der Waals surface area contributed by atoms with Crippen LogP contribution in [0.2, 0.25) is 0 Å². The number of phenols is 1. The van der Waals surface area contributed by atoms with Gasteiger partial charge in [-0.2, -0.15) is 0 Å². The van der Waals surface area contributed by atoms with Gasteiger partial charge in [0.25, 0.3) is 0 Å². The molecule has 0 bridgehead atoms. The summed E-state index contributed by atoms with van der Waals surface area (Å²) in [6.45, 7) is 3.95. The van der Waals surface area contributed by atoms with Crippen LogP contribution < -0.4 is 5.32 Å². The zero-order valence-electron chi connectivity index (χ0n) is 18.3. The smallest absolute Gasteiger partial charge is 0.408 e. The number of ether oxygens (including phenoxy) is 2. The Labute approximate surface area is 187 Å². The summed E-state index contributed by atoms with van der Waals surface area (Å²) in [6.07, 6.45) is -1.06. The third-order valence-electron chi connectivity index (χ3n) is 5.29. The van der Waals surface area contributed by atoms with Crippen LogP contribution in [-0.2, 0) is 27.3 Å². The molecule has 8 heteroatoms. The number of aliphatic hydroxyl groups is 1. The van der Waals surface area contributed by atoms with E-state index in [2.05, 4.69) is 5.32 Å². The van der Waals surface area contributed by atoms with Crippen LogP contribution in [0.25, 0.3) is 0 Å². The molecule has 1 aliphatic rings. The predicted molar refractivity (Wildman–Crippen MR) is 117 cm³/mol. The average molecular weight is 443 g/mol. The van der Waals surface area contributed by atoms with Gasteiger partial charge in [0.15, 0.2) is 6.29 Å². The van der Waals surface area contributed by atoms with Gasteiger partial charge in [-0.1, -0.05) is 56.3 Å². The van der Waals surface area contributed by atoms with Crippen LogP contribution in [0.4, 0.5) is 4.79 Å². The summed E-state index contributed by atoms with van der Waals surface area (Å²) < 4.78 is 10.6. The molecule has 172 valence electrons. The molecule has 32 heavy (non-hydrogen) atoms. The molecule has 0 aliphatic carbocycles. The Kier molecular flexibility index (Phi) is 8.08. The molecule has 0 aromatic heterocycles. The van der Waals surface area contributed by atoms with Crippen molar-refractivity contribution in [3.05, 3.63) is 65.7 Å². The monoisotopic (exact) mass is 442 g/mol. The minimum Gasteiger partial charge on any atom is -0.508 e. The minimum atomic E-state index is -1.14. The highest BCUT2D eigenvalue weighted by molar-refractivity contribution is 5.86. The fourth-order valence-electron chi connectivity index (χ4n) is 3.63. The molecule has 1 aliphatic heterocycles. The lowest BCUT2D eigenvalue weighted by Crippen LogP contribution is -2.52. The topological polar surface area (TPSA) is 108 Å². The Bertz CT molecular complexity index is 887. The summed E-state index contributed by atoms with van der Waals surface area (Å²) in [4.78, 5) is 27.2. The van der Waals surface area contributed by atoms with E-state index in [0.29, 0.717) is 12.8 Å². The van der Waals surface area contributed by atoms with Crippen LogP contribution in [0, 0.1) is 5.92 Å². The van der Waals surface area contributed by atoms with E-state index in [1.54, 1.807) is 24.3 Å². The van der Waals surface area contributed by atoms with Gasteiger partial charge in [-0.05, 0) is 42.0 Å². The van der Waals surface area contributed by atoms with Gasteiger partial charge in [0, 0.05) is 0 Å². The largest absolute Gasteiger partial charge is 0.508 e. The first kappa shape index (κ1) is 23.6. The highest BCUT2D eigenvalue weighted by Gasteiger charge is 2.40. The molecule has 3 atom stereocenters. The zero-order chi connectivity index (χ0) is 23.1. The summed E-state index contributed by atoms with van der Waals surface area (Å²) in [5, 5.41) is 22.5. The minimum absolute atomic E-state index is 0.0713. The molecule has 1 saturated heterocycles. The van der Waals surface area contributed by atoms with Gasteiger partial charge >= 0.3 is 6.09 Å². The number of amides is 2. The second-order valence-corrected chi connectivity index (χ2v) is 8.32. The number of rotatable bonds is 8. The second kappa shape index (κ2) is 11.0. The van der Waals surface area contributed by atoms with Gasteiger partial charge in [-0.25, -0.2) is 4.79 Å². The normalized spacial score (nSPS) is 19.1. The quantitative estimate of drug-likeness (QED) is 0.580. The fraction of sp³-hybridized carbons (Fsp3) is 0.417. The van der Waals surface area contributed by atoms with Crippen LogP contribution in [-0.4, -0.2) is 52.2 Å². The van der Waals surface area contributed by atoms with E-state index < -0.39 is 24.5 Å². The van der Waals surface area contributed by atoms with Crippen molar-refractivity contribution in [3.8, 4) is 5.75 Å². The van der Waals surface area contributed by atoms with Crippen molar-refractivity contribution in [1.29, 1.82) is 0 Å². The number of aromatic hydroxyl groups is 1. The number of nitrogens with one attached hydrogen (secondary N) is 1. The first-order valence-electron chi connectivity index (χ1n) is 10.7. The van der Waals surface area contributed by atoms with Gasteiger partial charge in [-0.3, -0.25) is 4.79 Å². The molecule has 2 aromatic rings. The summed E-state index contributed by atoms with van der Waals surface area (Å²) in [5.41, 5.74) is 1.69. The van der Waals surface area contributed by atoms with Crippen LogP contribution in [0.5, 0.6) is 5.75 Å². The summed E-state index contributed by atoms with van der Waals surface area (Å²) in [6, 6.07) is 14.4. The Morgan fingerprint density at radius 3 is 2.47 bits per heavy atom. The molecule has 0 radical (unpaired) electrons. The average Bonchev–Trinajstić information content (AvgIpc) is 3.13. The van der Waals surface area contributed by atoms with Crippen LogP contribution in [0.3, 0.4) is 0 Å². The Morgan fingerprint density at radius 2 is 1.81 bits per heavy atom. The van der Waals surface area contributed by atoms with Crippen LogP contribution in [0.1, 0.15) is 31.4 Å². The zero-order valence-corrected chi connectivity index (χ0v) is 18.3. The van der Waals surface area contributed by atoms with E-state index >= 15 is 0 Å².